The van der Waals surface area contributed by atoms with Gasteiger partial charge in [0.25, 0.3) is 11.6 Å². The van der Waals surface area contributed by atoms with Gasteiger partial charge in [0.15, 0.2) is 5.76 Å². The molecule has 3 N–H and O–H groups in total. The Morgan fingerprint density at radius 1 is 0.922 bits per heavy atom. The van der Waals surface area contributed by atoms with E-state index >= 15 is 0 Å². The Morgan fingerprint density at radius 2 is 1.65 bits per heavy atom. The summed E-state index contributed by atoms with van der Waals surface area (Å²) < 4.78 is 5.94. The molecular formula is C37H35ClN4O9. The number of amides is 2. The van der Waals surface area contributed by atoms with E-state index in [2.05, 4.69) is 10.3 Å². The number of nitro benzene ring substituents is 1. The van der Waals surface area contributed by atoms with Gasteiger partial charge >= 0.3 is 11.9 Å². The van der Waals surface area contributed by atoms with Gasteiger partial charge in [-0.1, -0.05) is 48.5 Å². The van der Waals surface area contributed by atoms with Gasteiger partial charge in [-0.2, -0.15) is 0 Å². The molecule has 2 aromatic heterocycles. The molecule has 0 aliphatic carbocycles. The van der Waals surface area contributed by atoms with E-state index in [1.165, 1.54) is 29.3 Å². The zero-order valence-electron chi connectivity index (χ0n) is 27.4. The van der Waals surface area contributed by atoms with Crippen molar-refractivity contribution in [1.82, 2.24) is 9.88 Å². The number of hydrogen-bond acceptors (Lipinski definition) is 8. The number of benzene rings is 3. The number of fused-ring (bicyclic) bond motifs is 1. The highest BCUT2D eigenvalue weighted by Crippen LogP contribution is 2.32. The molecule has 2 amide bonds. The van der Waals surface area contributed by atoms with Crippen LogP contribution in [0.1, 0.15) is 53.1 Å². The van der Waals surface area contributed by atoms with Crippen LogP contribution in [0.15, 0.2) is 108 Å². The van der Waals surface area contributed by atoms with E-state index in [0.29, 0.717) is 17.0 Å². The third-order valence-electron chi connectivity index (χ3n) is 8.51. The van der Waals surface area contributed by atoms with Gasteiger partial charge in [0, 0.05) is 49.7 Å². The Balaban J connectivity index is 0.00000583. The zero-order valence-corrected chi connectivity index (χ0v) is 28.2. The summed E-state index contributed by atoms with van der Waals surface area (Å²) in [7, 11) is 0. The van der Waals surface area contributed by atoms with Crippen molar-refractivity contribution in [3.8, 4) is 0 Å². The first-order chi connectivity index (χ1) is 24.0. The van der Waals surface area contributed by atoms with Crippen molar-refractivity contribution in [3.63, 3.8) is 0 Å². The molecule has 0 saturated carbocycles. The largest absolute Gasteiger partial charge is 0.481 e. The molecule has 5 aromatic rings. The molecule has 13 nitrogen and oxygen atoms in total. The number of anilines is 1. The summed E-state index contributed by atoms with van der Waals surface area (Å²) >= 11 is 0. The molecule has 0 bridgehead atoms. The Kier molecular flexibility index (Phi) is 12.6. The Bertz CT molecular complexity index is 2020. The van der Waals surface area contributed by atoms with Gasteiger partial charge in [0.1, 0.15) is 5.76 Å². The number of furan rings is 1. The van der Waals surface area contributed by atoms with Crippen molar-refractivity contribution in [1.29, 1.82) is 0 Å². The van der Waals surface area contributed by atoms with E-state index in [1.54, 1.807) is 43.5 Å². The predicted molar refractivity (Wildman–Crippen MR) is 190 cm³/mol. The maximum Gasteiger partial charge on any atom is 0.307 e. The van der Waals surface area contributed by atoms with Crippen LogP contribution in [-0.4, -0.2) is 54.8 Å². The van der Waals surface area contributed by atoms with Crippen LogP contribution >= 0.6 is 12.4 Å². The zero-order chi connectivity index (χ0) is 35.8. The molecule has 5 rings (SSSR count). The smallest absolute Gasteiger partial charge is 0.307 e. The molecule has 51 heavy (non-hydrogen) atoms. The summed E-state index contributed by atoms with van der Waals surface area (Å²) in [6.07, 6.45) is 1.91. The van der Waals surface area contributed by atoms with Crippen LogP contribution in [0.5, 0.6) is 0 Å². The number of carboxylic acid groups (broad SMARTS) is 2. The number of carbonyl (C=O) groups is 4. The van der Waals surface area contributed by atoms with Crippen LogP contribution in [0.4, 0.5) is 11.4 Å². The minimum atomic E-state index is -1.46. The van der Waals surface area contributed by atoms with E-state index < -0.39 is 59.4 Å². The molecule has 0 aliphatic rings. The number of aromatic nitrogens is 1. The number of non-ortho nitro benzene ring substituents is 1. The summed E-state index contributed by atoms with van der Waals surface area (Å²) in [5.41, 5.74) is 1.72. The van der Waals surface area contributed by atoms with E-state index in [0.717, 1.165) is 16.3 Å². The van der Waals surface area contributed by atoms with Crippen molar-refractivity contribution in [2.75, 3.05) is 5.32 Å². The van der Waals surface area contributed by atoms with Gasteiger partial charge in [-0.3, -0.25) is 34.3 Å². The molecule has 3 aromatic carbocycles. The molecule has 0 saturated heterocycles. The van der Waals surface area contributed by atoms with Crippen molar-refractivity contribution in [2.45, 2.75) is 44.7 Å². The van der Waals surface area contributed by atoms with E-state index in [-0.39, 0.29) is 36.8 Å². The lowest BCUT2D eigenvalue weighted by Gasteiger charge is -2.36. The monoisotopic (exact) mass is 714 g/mol. The maximum atomic E-state index is 14.0. The van der Waals surface area contributed by atoms with Gasteiger partial charge < -0.3 is 24.8 Å². The summed E-state index contributed by atoms with van der Waals surface area (Å²) in [4.78, 5) is 66.8. The second-order valence-corrected chi connectivity index (χ2v) is 11.9. The number of halogens is 1. The van der Waals surface area contributed by atoms with Crippen LogP contribution in [0.25, 0.3) is 10.8 Å². The van der Waals surface area contributed by atoms with Gasteiger partial charge in [-0.05, 0) is 59.2 Å². The quantitative estimate of drug-likeness (QED) is 0.0774. The molecule has 0 radical (unpaired) electrons. The van der Waals surface area contributed by atoms with Gasteiger partial charge in [-0.15, -0.1) is 12.4 Å². The van der Waals surface area contributed by atoms with E-state index in [1.807, 2.05) is 42.5 Å². The predicted octanol–water partition coefficient (Wildman–Crippen LogP) is 6.72. The fourth-order valence-corrected chi connectivity index (χ4v) is 5.86. The number of hydrogen-bond donors (Lipinski definition) is 3. The first kappa shape index (κ1) is 37.7. The van der Waals surface area contributed by atoms with Gasteiger partial charge in [0.2, 0.25) is 5.91 Å². The number of nitrogens with one attached hydrogen (secondary N) is 1. The molecule has 3 unspecified atom stereocenters. The summed E-state index contributed by atoms with van der Waals surface area (Å²) in [6.45, 7) is 1.83. The number of aliphatic carboxylic acids is 2. The van der Waals surface area contributed by atoms with Gasteiger partial charge in [-0.25, -0.2) is 0 Å². The fraction of sp³-hybridized carbons (Fsp3) is 0.216. The Hall–Kier alpha value is -6.08. The molecule has 0 aliphatic heterocycles. The molecule has 264 valence electrons. The van der Waals surface area contributed by atoms with Crippen LogP contribution < -0.4 is 5.32 Å². The van der Waals surface area contributed by atoms with Crippen LogP contribution in [0, 0.1) is 16.0 Å². The second-order valence-electron chi connectivity index (χ2n) is 11.9. The SMILES string of the molecule is CC(C(Cc1ccc(C(=O)Nc2cccnc2)o1)c1ccc([N+](=O)[O-])cc1)N(Cc1ccc2ccccc2c1)C(=O)CC(CC(=O)O)C(=O)O.Cl. The second kappa shape index (κ2) is 17.0. The number of carboxylic acids is 2. The molecule has 0 fully saturated rings. The maximum absolute atomic E-state index is 14.0. The highest BCUT2D eigenvalue weighted by atomic mass is 35.5. The lowest BCUT2D eigenvalue weighted by atomic mass is 9.86. The first-order valence-corrected chi connectivity index (χ1v) is 15.7. The summed E-state index contributed by atoms with van der Waals surface area (Å²) in [6, 6.07) is 25.1. The Morgan fingerprint density at radius 3 is 2.29 bits per heavy atom. The number of pyridine rings is 1. The lowest BCUT2D eigenvalue weighted by Crippen LogP contribution is -2.43. The molecule has 14 heteroatoms. The van der Waals surface area contributed by atoms with Crippen molar-refractivity contribution >= 4 is 58.3 Å². The molecule has 2 heterocycles. The summed E-state index contributed by atoms with van der Waals surface area (Å²) in [5.74, 6) is -5.44. The topological polar surface area (TPSA) is 193 Å². The minimum absolute atomic E-state index is 0. The number of nitrogens with zero attached hydrogens (tertiary/aromatic N) is 3. The third-order valence-corrected chi connectivity index (χ3v) is 8.51. The van der Waals surface area contributed by atoms with Gasteiger partial charge in [0.05, 0.1) is 29.1 Å². The van der Waals surface area contributed by atoms with E-state index in [4.69, 9.17) is 4.42 Å². The number of rotatable bonds is 15. The normalized spacial score (nSPS) is 12.6. The fourth-order valence-electron chi connectivity index (χ4n) is 5.86. The van der Waals surface area contributed by atoms with Crippen LogP contribution in [0.3, 0.4) is 0 Å². The Labute approximate surface area is 298 Å². The molecule has 0 spiro atoms. The average molecular weight is 715 g/mol. The number of nitro groups is 1. The standard InChI is InChI=1S/C37H34N4O9.ClH/c1-23(40(34(42)18-28(37(46)47)19-35(43)44)22-24-8-9-25-5-2-3-6-27(25)17-24)32(26-10-12-30(13-11-26)41(48)49)20-31-14-15-33(50-31)36(45)39-29-7-4-16-38-21-29;/h2-17,21,23,28,32H,18-20,22H2,1H3,(H,39,45)(H,43,44)(H,46,47);1H. The third kappa shape index (κ3) is 9.76. The van der Waals surface area contributed by atoms with Crippen molar-refractivity contribution in [2.24, 2.45) is 5.92 Å². The molecule has 3 atom stereocenters. The van der Waals surface area contributed by atoms with E-state index in [9.17, 15) is 39.5 Å². The average Bonchev–Trinajstić information content (AvgIpc) is 3.58. The minimum Gasteiger partial charge on any atom is -0.481 e. The van der Waals surface area contributed by atoms with Crippen molar-refractivity contribution in [3.05, 3.63) is 136 Å². The summed E-state index contributed by atoms with van der Waals surface area (Å²) in [5, 5.41) is 35.2. The van der Waals surface area contributed by atoms with Crippen LogP contribution in [-0.2, 0) is 27.3 Å². The highest BCUT2D eigenvalue weighted by molar-refractivity contribution is 6.02. The van der Waals surface area contributed by atoms with Crippen LogP contribution in [0.2, 0.25) is 0 Å². The highest BCUT2D eigenvalue weighted by Gasteiger charge is 2.33. The number of carbonyl (C=O) groups excluding carboxylic acids is 2. The van der Waals surface area contributed by atoms with Crippen molar-refractivity contribution < 1.29 is 38.7 Å². The first-order valence-electron chi connectivity index (χ1n) is 15.7. The molecular weight excluding hydrogens is 680 g/mol. The lowest BCUT2D eigenvalue weighted by molar-refractivity contribution is -0.384.